The van der Waals surface area contributed by atoms with Crippen molar-refractivity contribution in [1.29, 1.82) is 0 Å². The van der Waals surface area contributed by atoms with E-state index in [-0.39, 0.29) is 18.4 Å². The molecule has 1 aliphatic rings. The predicted octanol–water partition coefficient (Wildman–Crippen LogP) is 6.09. The predicted molar refractivity (Wildman–Crippen MR) is 143 cm³/mol. The van der Waals surface area contributed by atoms with Crippen molar-refractivity contribution < 1.29 is 14.3 Å². The third-order valence-electron chi connectivity index (χ3n) is 6.25. The molecule has 0 bridgehead atoms. The zero-order valence-corrected chi connectivity index (χ0v) is 20.2. The fraction of sp³-hybridized carbons (Fsp3) is 0.133. The topological polar surface area (TPSA) is 70.7 Å². The quantitative estimate of drug-likeness (QED) is 0.352. The lowest BCUT2D eigenvalue weighted by Gasteiger charge is -2.38. The number of aryl methyl sites for hydroxylation is 2. The summed E-state index contributed by atoms with van der Waals surface area (Å²) in [7, 11) is 0. The molecule has 1 aliphatic heterocycles. The second kappa shape index (κ2) is 9.96. The van der Waals surface area contributed by atoms with Gasteiger partial charge in [-0.15, -0.1) is 0 Å². The number of para-hydroxylation sites is 3. The van der Waals surface area contributed by atoms with Gasteiger partial charge in [-0.1, -0.05) is 60.7 Å². The average molecular weight is 478 g/mol. The second-order valence-corrected chi connectivity index (χ2v) is 8.78. The summed E-state index contributed by atoms with van der Waals surface area (Å²) in [5.41, 5.74) is 5.83. The lowest BCUT2D eigenvalue weighted by Crippen LogP contribution is -2.43. The van der Waals surface area contributed by atoms with Gasteiger partial charge in [0.2, 0.25) is 0 Å². The van der Waals surface area contributed by atoms with Gasteiger partial charge in [0.15, 0.2) is 6.61 Å². The van der Waals surface area contributed by atoms with Gasteiger partial charge < -0.3 is 15.4 Å². The molecule has 180 valence electrons. The molecule has 4 aromatic rings. The summed E-state index contributed by atoms with van der Waals surface area (Å²) in [6, 6.07) is 30.4. The van der Waals surface area contributed by atoms with E-state index in [2.05, 4.69) is 10.6 Å². The van der Waals surface area contributed by atoms with E-state index < -0.39 is 6.17 Å². The molecule has 1 atom stereocenters. The Kier molecular flexibility index (Phi) is 6.41. The number of hydrogen-bond donors (Lipinski definition) is 2. The number of ether oxygens (including phenoxy) is 1. The fourth-order valence-electron chi connectivity index (χ4n) is 4.45. The average Bonchev–Trinajstić information content (AvgIpc) is 2.90. The Hall–Kier alpha value is -4.58. The van der Waals surface area contributed by atoms with Crippen LogP contribution in [0.25, 0.3) is 0 Å². The van der Waals surface area contributed by atoms with Crippen LogP contribution in [-0.4, -0.2) is 18.4 Å². The van der Waals surface area contributed by atoms with E-state index in [9.17, 15) is 9.59 Å². The fourth-order valence-corrected chi connectivity index (χ4v) is 4.45. The third-order valence-corrected chi connectivity index (χ3v) is 6.25. The normalized spacial score (nSPS) is 14.6. The van der Waals surface area contributed by atoms with Gasteiger partial charge >= 0.3 is 0 Å². The number of nitrogens with one attached hydrogen (secondary N) is 2. The number of rotatable bonds is 6. The molecule has 1 unspecified atom stereocenters. The first-order chi connectivity index (χ1) is 17.5. The number of nitrogens with zero attached hydrogens (tertiary/aromatic N) is 1. The van der Waals surface area contributed by atoms with E-state index in [1.165, 1.54) is 0 Å². The highest BCUT2D eigenvalue weighted by Crippen LogP contribution is 2.37. The van der Waals surface area contributed by atoms with Gasteiger partial charge in [0.1, 0.15) is 11.9 Å². The number of hydrogen-bond acceptors (Lipinski definition) is 4. The van der Waals surface area contributed by atoms with Crippen LogP contribution in [0.4, 0.5) is 17.1 Å². The molecule has 6 nitrogen and oxygen atoms in total. The van der Waals surface area contributed by atoms with E-state index in [0.29, 0.717) is 11.3 Å². The van der Waals surface area contributed by atoms with Crippen molar-refractivity contribution in [3.05, 3.63) is 119 Å². The van der Waals surface area contributed by atoms with Crippen LogP contribution in [0.2, 0.25) is 0 Å². The van der Waals surface area contributed by atoms with Gasteiger partial charge in [0.25, 0.3) is 11.8 Å². The minimum absolute atomic E-state index is 0.0835. The lowest BCUT2D eigenvalue weighted by atomic mass is 10.0. The maximum absolute atomic E-state index is 13.5. The number of carbonyl (C=O) groups excluding carboxylic acids is 2. The van der Waals surface area contributed by atoms with Crippen LogP contribution in [0.5, 0.6) is 5.75 Å². The highest BCUT2D eigenvalue weighted by molar-refractivity contribution is 6.12. The smallest absolute Gasteiger partial charge is 0.262 e. The summed E-state index contributed by atoms with van der Waals surface area (Å²) in [6.45, 7) is 3.80. The van der Waals surface area contributed by atoms with Gasteiger partial charge in [-0.05, 0) is 66.9 Å². The Morgan fingerprint density at radius 1 is 0.889 bits per heavy atom. The van der Waals surface area contributed by atoms with E-state index in [1.807, 2.05) is 105 Å². The molecular formula is C30H27N3O3. The standard InChI is InChI=1S/C30H27N3O3/c1-20-10-8-11-21(2)28(20)32-27(34)19-36-24-15-9-12-22(18-24)29-31-26-17-7-6-16-25(26)30(35)33(29)23-13-4-3-5-14-23/h3-18,29,31H,19H2,1-2H3,(H,32,34). The maximum atomic E-state index is 13.5. The molecule has 2 N–H and O–H groups in total. The van der Waals surface area contributed by atoms with Crippen molar-refractivity contribution in [2.45, 2.75) is 20.0 Å². The maximum Gasteiger partial charge on any atom is 0.262 e. The lowest BCUT2D eigenvalue weighted by molar-refractivity contribution is -0.118. The minimum Gasteiger partial charge on any atom is -0.484 e. The molecule has 2 amide bonds. The SMILES string of the molecule is Cc1cccc(C)c1NC(=O)COc1cccc(C2Nc3ccccc3C(=O)N2c2ccccc2)c1. The molecule has 0 aliphatic carbocycles. The Morgan fingerprint density at radius 3 is 2.36 bits per heavy atom. The molecule has 5 rings (SSSR count). The summed E-state index contributed by atoms with van der Waals surface area (Å²) < 4.78 is 5.85. The minimum atomic E-state index is -0.443. The number of fused-ring (bicyclic) bond motifs is 1. The van der Waals surface area contributed by atoms with Gasteiger partial charge in [0, 0.05) is 17.1 Å². The highest BCUT2D eigenvalue weighted by atomic mass is 16.5. The molecule has 6 heteroatoms. The summed E-state index contributed by atoms with van der Waals surface area (Å²) >= 11 is 0. The zero-order valence-electron chi connectivity index (χ0n) is 20.2. The molecule has 0 radical (unpaired) electrons. The van der Waals surface area contributed by atoms with Crippen molar-refractivity contribution in [1.82, 2.24) is 0 Å². The van der Waals surface area contributed by atoms with Crippen molar-refractivity contribution in [2.75, 3.05) is 22.1 Å². The zero-order chi connectivity index (χ0) is 25.1. The van der Waals surface area contributed by atoms with Crippen LogP contribution in [-0.2, 0) is 4.79 Å². The summed E-state index contributed by atoms with van der Waals surface area (Å²) in [5.74, 6) is 0.230. The van der Waals surface area contributed by atoms with Crippen LogP contribution >= 0.6 is 0 Å². The van der Waals surface area contributed by atoms with Crippen LogP contribution in [0.3, 0.4) is 0 Å². The molecule has 0 aromatic heterocycles. The van der Waals surface area contributed by atoms with E-state index in [0.717, 1.165) is 33.8 Å². The summed E-state index contributed by atoms with van der Waals surface area (Å²) in [5, 5.41) is 6.44. The molecule has 0 saturated carbocycles. The largest absolute Gasteiger partial charge is 0.484 e. The van der Waals surface area contributed by atoms with Gasteiger partial charge in [0.05, 0.1) is 5.56 Å². The van der Waals surface area contributed by atoms with Crippen molar-refractivity contribution in [2.24, 2.45) is 0 Å². The number of anilines is 3. The highest BCUT2D eigenvalue weighted by Gasteiger charge is 2.34. The van der Waals surface area contributed by atoms with Crippen LogP contribution in [0.1, 0.15) is 33.2 Å². The molecular weight excluding hydrogens is 450 g/mol. The monoisotopic (exact) mass is 477 g/mol. The van der Waals surface area contributed by atoms with Gasteiger partial charge in [-0.3, -0.25) is 14.5 Å². The van der Waals surface area contributed by atoms with Crippen molar-refractivity contribution in [3.8, 4) is 5.75 Å². The first-order valence-corrected chi connectivity index (χ1v) is 11.8. The molecule has 0 spiro atoms. The second-order valence-electron chi connectivity index (χ2n) is 8.78. The van der Waals surface area contributed by atoms with Crippen LogP contribution < -0.4 is 20.3 Å². The molecule has 4 aromatic carbocycles. The van der Waals surface area contributed by atoms with Crippen molar-refractivity contribution >= 4 is 28.9 Å². The first-order valence-electron chi connectivity index (χ1n) is 11.8. The summed E-state index contributed by atoms with van der Waals surface area (Å²) in [4.78, 5) is 27.9. The Labute approximate surface area is 210 Å². The van der Waals surface area contributed by atoms with Gasteiger partial charge in [-0.2, -0.15) is 0 Å². The number of benzene rings is 4. The molecule has 36 heavy (non-hydrogen) atoms. The number of amides is 2. The number of carbonyl (C=O) groups is 2. The van der Waals surface area contributed by atoms with Gasteiger partial charge in [-0.25, -0.2) is 0 Å². The van der Waals surface area contributed by atoms with E-state index in [1.54, 1.807) is 11.0 Å². The Bertz CT molecular complexity index is 1400. The Morgan fingerprint density at radius 2 is 1.58 bits per heavy atom. The third kappa shape index (κ3) is 4.66. The van der Waals surface area contributed by atoms with Crippen molar-refractivity contribution in [3.63, 3.8) is 0 Å². The van der Waals surface area contributed by atoms with Crippen LogP contribution in [0, 0.1) is 13.8 Å². The first kappa shape index (κ1) is 23.2. The van der Waals surface area contributed by atoms with Crippen LogP contribution in [0.15, 0.2) is 97.1 Å². The Balaban J connectivity index is 1.38. The summed E-state index contributed by atoms with van der Waals surface area (Å²) in [6.07, 6.45) is -0.443. The molecule has 0 fully saturated rings. The van der Waals surface area contributed by atoms with E-state index >= 15 is 0 Å². The molecule has 0 saturated heterocycles. The van der Waals surface area contributed by atoms with E-state index in [4.69, 9.17) is 4.74 Å². The molecule has 1 heterocycles.